The van der Waals surface area contributed by atoms with Crippen LogP contribution in [0.3, 0.4) is 0 Å². The Balaban J connectivity index is 1.65. The van der Waals surface area contributed by atoms with Gasteiger partial charge in [-0.2, -0.15) is 4.98 Å². The van der Waals surface area contributed by atoms with Gasteiger partial charge in [-0.25, -0.2) is 4.68 Å². The number of amides is 2. The second-order valence-corrected chi connectivity index (χ2v) is 5.31. The van der Waals surface area contributed by atoms with Crippen molar-refractivity contribution in [3.8, 4) is 0 Å². The molecule has 1 unspecified atom stereocenters. The summed E-state index contributed by atoms with van der Waals surface area (Å²) in [6.07, 6.45) is 1.66. The van der Waals surface area contributed by atoms with Crippen molar-refractivity contribution < 1.29 is 14.0 Å². The number of nitrogens with one attached hydrogen (secondary N) is 2. The van der Waals surface area contributed by atoms with Crippen molar-refractivity contribution in [3.63, 3.8) is 0 Å². The molecule has 0 aliphatic carbocycles. The van der Waals surface area contributed by atoms with Crippen molar-refractivity contribution in [2.45, 2.75) is 12.5 Å². The van der Waals surface area contributed by atoms with Crippen LogP contribution >= 0.6 is 0 Å². The van der Waals surface area contributed by atoms with E-state index in [-0.39, 0.29) is 30.1 Å². The molecule has 120 valence electrons. The van der Waals surface area contributed by atoms with Gasteiger partial charge in [0.25, 0.3) is 11.9 Å². The standard InChI is InChI=1S/C16H13N5O3/c22-13-9-11(10-5-2-1-3-6-10)21-16(17-13)19-15(20-21)18-14(23)12-7-4-8-24-12/h1-8,11H,9H2,(H2,17,18,19,20,22,23). The Morgan fingerprint density at radius 1 is 1.25 bits per heavy atom. The van der Waals surface area contributed by atoms with Gasteiger partial charge in [-0.1, -0.05) is 30.3 Å². The molecule has 4 rings (SSSR count). The van der Waals surface area contributed by atoms with Gasteiger partial charge in [0.2, 0.25) is 11.9 Å². The van der Waals surface area contributed by atoms with Crippen LogP contribution in [0, 0.1) is 0 Å². The van der Waals surface area contributed by atoms with Gasteiger partial charge in [0.1, 0.15) is 0 Å². The highest BCUT2D eigenvalue weighted by atomic mass is 16.3. The first kappa shape index (κ1) is 14.2. The predicted octanol–water partition coefficient (Wildman–Crippen LogP) is 2.05. The van der Waals surface area contributed by atoms with Crippen molar-refractivity contribution in [3.05, 3.63) is 60.1 Å². The van der Waals surface area contributed by atoms with E-state index in [0.717, 1.165) is 5.56 Å². The molecule has 0 saturated carbocycles. The SMILES string of the molecule is O=C1CC(c2ccccc2)n2nc(NC(=O)c3ccco3)nc2N1. The smallest absolute Gasteiger partial charge is 0.293 e. The van der Waals surface area contributed by atoms with E-state index in [0.29, 0.717) is 5.95 Å². The molecule has 8 heteroatoms. The largest absolute Gasteiger partial charge is 0.459 e. The third-order valence-corrected chi connectivity index (χ3v) is 3.71. The van der Waals surface area contributed by atoms with E-state index in [1.807, 2.05) is 30.3 Å². The average molecular weight is 323 g/mol. The molecule has 2 amide bonds. The molecule has 0 spiro atoms. The first-order valence-electron chi connectivity index (χ1n) is 7.37. The number of carbonyl (C=O) groups excluding carboxylic acids is 2. The van der Waals surface area contributed by atoms with E-state index in [1.165, 1.54) is 6.26 Å². The van der Waals surface area contributed by atoms with Crippen molar-refractivity contribution in [1.82, 2.24) is 14.8 Å². The first-order chi connectivity index (χ1) is 11.7. The quantitative estimate of drug-likeness (QED) is 0.768. The van der Waals surface area contributed by atoms with Crippen LogP contribution in [0.25, 0.3) is 0 Å². The number of rotatable bonds is 3. The van der Waals surface area contributed by atoms with Crippen molar-refractivity contribution in [2.75, 3.05) is 10.6 Å². The molecule has 0 fully saturated rings. The molecule has 1 aromatic carbocycles. The molecular weight excluding hydrogens is 310 g/mol. The topological polar surface area (TPSA) is 102 Å². The van der Waals surface area contributed by atoms with E-state index >= 15 is 0 Å². The number of furan rings is 1. The Bertz CT molecular complexity index is 886. The van der Waals surface area contributed by atoms with E-state index < -0.39 is 5.91 Å². The van der Waals surface area contributed by atoms with Crippen LogP contribution < -0.4 is 10.6 Å². The number of hydrogen-bond acceptors (Lipinski definition) is 5. The van der Waals surface area contributed by atoms with Crippen LogP contribution in [0.5, 0.6) is 0 Å². The number of carbonyl (C=O) groups is 2. The van der Waals surface area contributed by atoms with Crippen LogP contribution in [0.1, 0.15) is 28.6 Å². The summed E-state index contributed by atoms with van der Waals surface area (Å²) in [5.41, 5.74) is 0.947. The fraction of sp³-hybridized carbons (Fsp3) is 0.125. The zero-order valence-corrected chi connectivity index (χ0v) is 12.5. The first-order valence-corrected chi connectivity index (χ1v) is 7.37. The molecule has 3 aromatic rings. The maximum absolute atomic E-state index is 12.0. The van der Waals surface area contributed by atoms with Gasteiger partial charge in [-0.3, -0.25) is 20.2 Å². The Labute approximate surface area is 136 Å². The third kappa shape index (κ3) is 2.54. The fourth-order valence-electron chi connectivity index (χ4n) is 2.62. The number of benzene rings is 1. The van der Waals surface area contributed by atoms with Crippen LogP contribution in [0.4, 0.5) is 11.9 Å². The lowest BCUT2D eigenvalue weighted by molar-refractivity contribution is -0.117. The predicted molar refractivity (Wildman–Crippen MR) is 84.5 cm³/mol. The van der Waals surface area contributed by atoms with Gasteiger partial charge >= 0.3 is 0 Å². The van der Waals surface area contributed by atoms with Crippen molar-refractivity contribution >= 4 is 23.7 Å². The summed E-state index contributed by atoms with van der Waals surface area (Å²) in [7, 11) is 0. The summed E-state index contributed by atoms with van der Waals surface area (Å²) in [5.74, 6) is -0.0333. The lowest BCUT2D eigenvalue weighted by Crippen LogP contribution is -2.29. The molecule has 8 nitrogen and oxygen atoms in total. The van der Waals surface area contributed by atoms with Crippen molar-refractivity contribution in [2.24, 2.45) is 0 Å². The molecule has 24 heavy (non-hydrogen) atoms. The monoisotopic (exact) mass is 323 g/mol. The Morgan fingerprint density at radius 3 is 2.83 bits per heavy atom. The lowest BCUT2D eigenvalue weighted by atomic mass is 10.0. The zero-order chi connectivity index (χ0) is 16.5. The normalized spacial score (nSPS) is 16.3. The minimum Gasteiger partial charge on any atom is -0.459 e. The summed E-state index contributed by atoms with van der Waals surface area (Å²) < 4.78 is 6.64. The highest BCUT2D eigenvalue weighted by molar-refractivity contribution is 6.01. The van der Waals surface area contributed by atoms with Gasteiger partial charge < -0.3 is 4.42 Å². The molecule has 1 aliphatic rings. The summed E-state index contributed by atoms with van der Waals surface area (Å²) in [4.78, 5) is 28.1. The van der Waals surface area contributed by atoms with E-state index in [1.54, 1.807) is 16.8 Å². The Morgan fingerprint density at radius 2 is 2.08 bits per heavy atom. The van der Waals surface area contributed by atoms with E-state index in [9.17, 15) is 9.59 Å². The van der Waals surface area contributed by atoms with Gasteiger partial charge in [0.05, 0.1) is 18.7 Å². The molecular formula is C16H13N5O3. The van der Waals surface area contributed by atoms with Crippen LogP contribution in [-0.2, 0) is 4.79 Å². The second-order valence-electron chi connectivity index (χ2n) is 5.31. The number of aromatic nitrogens is 3. The summed E-state index contributed by atoms with van der Waals surface area (Å²) in [5, 5.41) is 9.54. The Hall–Kier alpha value is -3.42. The fourth-order valence-corrected chi connectivity index (χ4v) is 2.62. The molecule has 1 atom stereocenters. The second kappa shape index (κ2) is 5.65. The minimum atomic E-state index is -0.453. The summed E-state index contributed by atoms with van der Waals surface area (Å²) >= 11 is 0. The number of hydrogen-bond donors (Lipinski definition) is 2. The molecule has 0 saturated heterocycles. The van der Waals surface area contributed by atoms with Crippen molar-refractivity contribution in [1.29, 1.82) is 0 Å². The van der Waals surface area contributed by atoms with Crippen LogP contribution in [0.15, 0.2) is 53.1 Å². The maximum atomic E-state index is 12.0. The van der Waals surface area contributed by atoms with Gasteiger partial charge in [-0.05, 0) is 17.7 Å². The Kier molecular flexibility index (Phi) is 3.34. The molecule has 1 aliphatic heterocycles. The number of anilines is 2. The molecule has 3 heterocycles. The average Bonchev–Trinajstić information content (AvgIpc) is 3.24. The highest BCUT2D eigenvalue weighted by Gasteiger charge is 2.29. The lowest BCUT2D eigenvalue weighted by Gasteiger charge is -2.23. The minimum absolute atomic E-state index is 0.106. The number of fused-ring (bicyclic) bond motifs is 1. The zero-order valence-electron chi connectivity index (χ0n) is 12.5. The third-order valence-electron chi connectivity index (χ3n) is 3.71. The van der Waals surface area contributed by atoms with Crippen LogP contribution in [0.2, 0.25) is 0 Å². The summed E-state index contributed by atoms with van der Waals surface area (Å²) in [6, 6.07) is 12.5. The molecule has 0 radical (unpaired) electrons. The van der Waals surface area contributed by atoms with E-state index in [2.05, 4.69) is 20.7 Å². The maximum Gasteiger partial charge on any atom is 0.293 e. The molecule has 0 bridgehead atoms. The molecule has 2 aromatic heterocycles. The summed E-state index contributed by atoms with van der Waals surface area (Å²) in [6.45, 7) is 0. The van der Waals surface area contributed by atoms with Gasteiger partial charge in [-0.15, -0.1) is 5.10 Å². The van der Waals surface area contributed by atoms with Gasteiger partial charge in [0, 0.05) is 0 Å². The van der Waals surface area contributed by atoms with E-state index in [4.69, 9.17) is 4.42 Å². The number of nitrogens with zero attached hydrogens (tertiary/aromatic N) is 3. The molecule has 2 N–H and O–H groups in total. The van der Waals surface area contributed by atoms with Gasteiger partial charge in [0.15, 0.2) is 5.76 Å². The van der Waals surface area contributed by atoms with Crippen LogP contribution in [-0.4, -0.2) is 26.6 Å². The highest BCUT2D eigenvalue weighted by Crippen LogP contribution is 2.29.